The Morgan fingerprint density at radius 2 is 2.29 bits per heavy atom. The molecule has 2 nitrogen and oxygen atoms in total. The summed E-state index contributed by atoms with van der Waals surface area (Å²) >= 11 is 2.11. The van der Waals surface area contributed by atoms with Gasteiger partial charge in [0.15, 0.2) is 0 Å². The van der Waals surface area contributed by atoms with E-state index in [9.17, 15) is 0 Å². The number of rotatable bonds is 3. The van der Waals surface area contributed by atoms with Gasteiger partial charge in [-0.05, 0) is 18.6 Å². The molecular formula is C11H21NOS. The zero-order valence-electron chi connectivity index (χ0n) is 9.21. The van der Waals surface area contributed by atoms with Gasteiger partial charge in [0.1, 0.15) is 0 Å². The number of hydrogen-bond acceptors (Lipinski definition) is 3. The second-order valence-electron chi connectivity index (χ2n) is 5.01. The first-order valence-corrected chi connectivity index (χ1v) is 6.67. The summed E-state index contributed by atoms with van der Waals surface area (Å²) in [6, 6.07) is 0.728. The van der Waals surface area contributed by atoms with E-state index in [0.717, 1.165) is 31.1 Å². The fraction of sp³-hybridized carbons (Fsp3) is 1.00. The first kappa shape index (κ1) is 10.8. The van der Waals surface area contributed by atoms with Crippen molar-refractivity contribution in [3.63, 3.8) is 0 Å². The molecule has 1 N–H and O–H groups in total. The molecule has 0 aliphatic carbocycles. The Hall–Kier alpha value is 0.270. The van der Waals surface area contributed by atoms with Gasteiger partial charge in [0.2, 0.25) is 0 Å². The standard InChI is InChI=1S/C11H21NOS/c1-9-10(4-3-5-14-9)12-6-11(2)7-13-8-11/h9-10,12H,3-8H2,1-2H3. The molecule has 2 unspecified atom stereocenters. The molecule has 2 fully saturated rings. The van der Waals surface area contributed by atoms with E-state index in [1.807, 2.05) is 0 Å². The van der Waals surface area contributed by atoms with E-state index in [-0.39, 0.29) is 0 Å². The van der Waals surface area contributed by atoms with Crippen molar-refractivity contribution in [1.29, 1.82) is 0 Å². The van der Waals surface area contributed by atoms with Crippen LogP contribution in [0.5, 0.6) is 0 Å². The smallest absolute Gasteiger partial charge is 0.0554 e. The summed E-state index contributed by atoms with van der Waals surface area (Å²) in [5.41, 5.74) is 0.418. The minimum Gasteiger partial charge on any atom is -0.380 e. The normalized spacial score (nSPS) is 36.4. The van der Waals surface area contributed by atoms with Crippen molar-refractivity contribution in [1.82, 2.24) is 5.32 Å². The minimum absolute atomic E-state index is 0.418. The Balaban J connectivity index is 1.73. The Kier molecular flexibility index (Phi) is 3.40. The lowest BCUT2D eigenvalue weighted by atomic mass is 9.88. The number of hydrogen-bond donors (Lipinski definition) is 1. The van der Waals surface area contributed by atoms with Crippen LogP contribution in [0.15, 0.2) is 0 Å². The zero-order chi connectivity index (χ0) is 10.0. The van der Waals surface area contributed by atoms with Crippen LogP contribution in [0.1, 0.15) is 26.7 Å². The molecular weight excluding hydrogens is 194 g/mol. The van der Waals surface area contributed by atoms with Crippen LogP contribution in [-0.2, 0) is 4.74 Å². The maximum absolute atomic E-state index is 5.26. The fourth-order valence-corrected chi connectivity index (χ4v) is 3.29. The highest BCUT2D eigenvalue weighted by Gasteiger charge is 2.34. The van der Waals surface area contributed by atoms with Crippen LogP contribution in [-0.4, -0.2) is 36.8 Å². The number of thioether (sulfide) groups is 1. The maximum atomic E-state index is 5.26. The monoisotopic (exact) mass is 215 g/mol. The molecule has 3 heteroatoms. The van der Waals surface area contributed by atoms with Crippen LogP contribution in [0.4, 0.5) is 0 Å². The highest BCUT2D eigenvalue weighted by Crippen LogP contribution is 2.28. The van der Waals surface area contributed by atoms with E-state index >= 15 is 0 Å². The van der Waals surface area contributed by atoms with Gasteiger partial charge in [0.25, 0.3) is 0 Å². The molecule has 2 atom stereocenters. The molecule has 0 saturated carbocycles. The van der Waals surface area contributed by atoms with Gasteiger partial charge < -0.3 is 10.1 Å². The Morgan fingerprint density at radius 1 is 1.50 bits per heavy atom. The molecule has 0 aromatic carbocycles. The lowest BCUT2D eigenvalue weighted by Gasteiger charge is -2.40. The van der Waals surface area contributed by atoms with E-state index in [4.69, 9.17) is 4.74 Å². The first-order valence-electron chi connectivity index (χ1n) is 5.62. The lowest BCUT2D eigenvalue weighted by Crippen LogP contribution is -2.51. The van der Waals surface area contributed by atoms with Gasteiger partial charge in [-0.1, -0.05) is 13.8 Å². The van der Waals surface area contributed by atoms with E-state index in [1.165, 1.54) is 18.6 Å². The summed E-state index contributed by atoms with van der Waals surface area (Å²) in [5.74, 6) is 1.35. The third-order valence-electron chi connectivity index (χ3n) is 3.30. The SMILES string of the molecule is CC1SCCCC1NCC1(C)COC1. The van der Waals surface area contributed by atoms with Gasteiger partial charge in [0, 0.05) is 23.3 Å². The van der Waals surface area contributed by atoms with Crippen molar-refractivity contribution in [3.05, 3.63) is 0 Å². The van der Waals surface area contributed by atoms with Crippen molar-refractivity contribution >= 4 is 11.8 Å². The molecule has 2 aliphatic heterocycles. The topological polar surface area (TPSA) is 21.3 Å². The van der Waals surface area contributed by atoms with Gasteiger partial charge >= 0.3 is 0 Å². The molecule has 0 spiro atoms. The number of ether oxygens (including phenoxy) is 1. The maximum Gasteiger partial charge on any atom is 0.0554 e. The lowest BCUT2D eigenvalue weighted by molar-refractivity contribution is -0.100. The zero-order valence-corrected chi connectivity index (χ0v) is 10.0. The van der Waals surface area contributed by atoms with E-state index in [1.54, 1.807) is 0 Å². The van der Waals surface area contributed by atoms with Crippen LogP contribution >= 0.6 is 11.8 Å². The van der Waals surface area contributed by atoms with Gasteiger partial charge in [-0.15, -0.1) is 0 Å². The van der Waals surface area contributed by atoms with Gasteiger partial charge in [-0.25, -0.2) is 0 Å². The summed E-state index contributed by atoms with van der Waals surface area (Å²) in [6.45, 7) is 7.66. The van der Waals surface area contributed by atoms with Crippen LogP contribution in [0.25, 0.3) is 0 Å². The van der Waals surface area contributed by atoms with Crippen molar-refractivity contribution in [2.24, 2.45) is 5.41 Å². The molecule has 14 heavy (non-hydrogen) atoms. The molecule has 0 amide bonds. The van der Waals surface area contributed by atoms with Crippen molar-refractivity contribution < 1.29 is 4.74 Å². The summed E-state index contributed by atoms with van der Waals surface area (Å²) < 4.78 is 5.26. The van der Waals surface area contributed by atoms with Crippen LogP contribution in [0, 0.1) is 5.41 Å². The van der Waals surface area contributed by atoms with Crippen LogP contribution in [0.3, 0.4) is 0 Å². The van der Waals surface area contributed by atoms with Crippen LogP contribution in [0.2, 0.25) is 0 Å². The van der Waals surface area contributed by atoms with Gasteiger partial charge in [0.05, 0.1) is 13.2 Å². The summed E-state index contributed by atoms with van der Waals surface area (Å²) in [5, 5.41) is 4.50. The van der Waals surface area contributed by atoms with E-state index in [2.05, 4.69) is 30.9 Å². The highest BCUT2D eigenvalue weighted by molar-refractivity contribution is 7.99. The molecule has 0 bridgehead atoms. The number of nitrogens with one attached hydrogen (secondary N) is 1. The second-order valence-corrected chi connectivity index (χ2v) is 6.49. The summed E-state index contributed by atoms with van der Waals surface area (Å²) in [6.07, 6.45) is 2.73. The molecule has 2 aliphatic rings. The Morgan fingerprint density at radius 3 is 2.86 bits per heavy atom. The second kappa shape index (κ2) is 4.42. The molecule has 82 valence electrons. The molecule has 2 heterocycles. The highest BCUT2D eigenvalue weighted by atomic mass is 32.2. The predicted octanol–water partition coefficient (Wildman–Crippen LogP) is 1.90. The summed E-state index contributed by atoms with van der Waals surface area (Å²) in [4.78, 5) is 0. The molecule has 0 radical (unpaired) electrons. The summed E-state index contributed by atoms with van der Waals surface area (Å²) in [7, 11) is 0. The quantitative estimate of drug-likeness (QED) is 0.777. The van der Waals surface area contributed by atoms with Crippen LogP contribution < -0.4 is 5.32 Å². The average Bonchev–Trinajstić information content (AvgIpc) is 2.14. The first-order chi connectivity index (χ1) is 6.70. The average molecular weight is 215 g/mol. The van der Waals surface area contributed by atoms with E-state index < -0.39 is 0 Å². The third-order valence-corrected chi connectivity index (χ3v) is 4.68. The third kappa shape index (κ3) is 2.44. The Bertz CT molecular complexity index is 194. The Labute approximate surface area is 91.2 Å². The molecule has 2 saturated heterocycles. The van der Waals surface area contributed by atoms with Crippen molar-refractivity contribution in [2.75, 3.05) is 25.5 Å². The largest absolute Gasteiger partial charge is 0.380 e. The predicted molar refractivity (Wildman–Crippen MR) is 61.9 cm³/mol. The molecule has 0 aromatic rings. The molecule has 0 aromatic heterocycles. The van der Waals surface area contributed by atoms with Crippen molar-refractivity contribution in [2.45, 2.75) is 38.0 Å². The van der Waals surface area contributed by atoms with Gasteiger partial charge in [-0.3, -0.25) is 0 Å². The van der Waals surface area contributed by atoms with Crippen molar-refractivity contribution in [3.8, 4) is 0 Å². The molecule has 2 rings (SSSR count). The van der Waals surface area contributed by atoms with Gasteiger partial charge in [-0.2, -0.15) is 11.8 Å². The fourth-order valence-electron chi connectivity index (χ4n) is 2.12. The van der Waals surface area contributed by atoms with E-state index in [0.29, 0.717) is 5.41 Å². The minimum atomic E-state index is 0.418.